The van der Waals surface area contributed by atoms with Crippen LogP contribution < -0.4 is 28.3 Å². The monoisotopic (exact) mass is 1650 g/mol. The Kier molecular flexibility index (Phi) is 25.5. The SMILES string of the molecule is CC(C)CS(=O)(=O)N1CC2CN([C@H]3CO[C@H](c4cc(F)ccc4F)[C@@H](N)C3)CC2C1.CC(C)S(=O)(=O)N1CC2CN([C@H]3CO[C@H](c4cc(F)ccc4F)[C@@H](N)C3)CC2C1.N[C@H]1C[C@@H](N2C(=O)C3CNCC3C2=O)CO[C@@H]1c1cc(F)ccc1F.N[C@H]1C[C@@H](N2CC3CN(S(=O)(=O)C4CC4)CC3C2)CO[C@@H]1c1cc(F)ccc1F. The summed E-state index contributed by atoms with van der Waals surface area (Å²) in [6, 6.07) is 11.2. The van der Waals surface area contributed by atoms with Crippen molar-refractivity contribution in [2.75, 3.05) is 124 Å². The second kappa shape index (κ2) is 34.2. The molecule has 2 amide bonds. The Hall–Kier alpha value is -5.29. The lowest BCUT2D eigenvalue weighted by Crippen LogP contribution is -2.52. The maximum atomic E-state index is 14.1. The fourth-order valence-corrected chi connectivity index (χ4v) is 24.7. The Balaban J connectivity index is 0.000000125. The first kappa shape index (κ1) is 84.2. The topological polar surface area (TPSA) is 312 Å². The standard InChI is InChI=1S/C21H31F2N3O3S.C20H27F2N3O3S.C20H29F2N3O3S.C17H19F2N3O3/c1-13(2)12-30(27,28)26-9-14-7-25(8-15(14)10-26)17-6-20(24)21(29-11-17)18-5-16(22)3-4-19(18)23;21-14-1-4-18(22)17(5-14)20-19(23)6-15(11-28-20)24-7-12-9-25(10-13(12)8-24)29(26,27)16-2-3-16;1-12(2)29(26,27)25-9-13-7-24(8-14(13)10-25)16-6-19(23)20(28-11-16)17-5-15(21)3-4-18(17)22;18-8-1-2-13(19)10(3-8)15-14(20)4-9(7-25-15)22-16(23)11-5-21-6-12(11)17(22)24/h3-5,13-15,17,20-21H,6-12,24H2,1-2H3;1,4-5,12-13,15-16,19-20H,2-3,6-11,23H2;3-5,12-14,16,19-20H,6-11,23H2,1-2H3;1-3,9,11-12,14-15,21H,4-7,20H2/t14?,15?,17-,20+,21-;12?,13?,15-,19+,20-;13?,14?,16-,19+,20-;9-,11?,12?,14+,15-/m1111/s1. The molecular formula is C78H106F8N12O12S3. The minimum absolute atomic E-state index is 0.0612. The smallest absolute Gasteiger partial charge is 0.234 e. The molecule has 0 radical (unpaired) electrons. The number of halogens is 8. The average Bonchev–Trinajstić information content (AvgIpc) is 1.61. The van der Waals surface area contributed by atoms with E-state index in [0.29, 0.717) is 133 Å². The Morgan fingerprint density at radius 3 is 1.00 bits per heavy atom. The van der Waals surface area contributed by atoms with E-state index in [2.05, 4.69) is 20.0 Å². The van der Waals surface area contributed by atoms with Gasteiger partial charge in [-0.1, -0.05) is 13.8 Å². The Morgan fingerprint density at radius 2 is 0.708 bits per heavy atom. The van der Waals surface area contributed by atoms with E-state index in [9.17, 15) is 70.0 Å². The number of carbonyl (C=O) groups is 2. The summed E-state index contributed by atoms with van der Waals surface area (Å²) in [6.45, 7) is 18.0. The number of hydrogen-bond acceptors (Lipinski definition) is 20. The van der Waals surface area contributed by atoms with E-state index in [-0.39, 0.29) is 87.6 Å². The van der Waals surface area contributed by atoms with Crippen LogP contribution in [0.25, 0.3) is 0 Å². The highest BCUT2D eigenvalue weighted by Gasteiger charge is 2.55. The molecule has 0 aromatic heterocycles. The number of rotatable bonds is 15. The fourth-order valence-electron chi connectivity index (χ4n) is 19.5. The minimum atomic E-state index is -3.21. The van der Waals surface area contributed by atoms with Crippen LogP contribution in [0, 0.1) is 99.8 Å². The van der Waals surface area contributed by atoms with Gasteiger partial charge >= 0.3 is 0 Å². The molecule has 624 valence electrons. The molecule has 113 heavy (non-hydrogen) atoms. The van der Waals surface area contributed by atoms with E-state index in [1.165, 1.54) is 4.90 Å². The van der Waals surface area contributed by atoms with Crippen LogP contribution in [0.15, 0.2) is 72.8 Å². The third-order valence-corrected chi connectivity index (χ3v) is 32.3. The van der Waals surface area contributed by atoms with Crippen LogP contribution in [0.3, 0.4) is 0 Å². The summed E-state index contributed by atoms with van der Waals surface area (Å²) >= 11 is 0. The molecule has 1 aliphatic carbocycles. The molecule has 9 N–H and O–H groups in total. The predicted molar refractivity (Wildman–Crippen MR) is 402 cm³/mol. The summed E-state index contributed by atoms with van der Waals surface area (Å²) in [5.74, 6) is -2.94. The van der Waals surface area contributed by atoms with Crippen molar-refractivity contribution >= 4 is 41.9 Å². The molecule has 4 aromatic rings. The van der Waals surface area contributed by atoms with Crippen molar-refractivity contribution in [3.63, 3.8) is 0 Å². The van der Waals surface area contributed by atoms with Gasteiger partial charge in [-0.25, -0.2) is 73.3 Å². The summed E-state index contributed by atoms with van der Waals surface area (Å²) in [5, 5.41) is 2.50. The highest BCUT2D eigenvalue weighted by Crippen LogP contribution is 2.44. The van der Waals surface area contributed by atoms with Crippen LogP contribution in [0.1, 0.15) is 113 Å². The molecule has 12 aliphatic heterocycles. The fraction of sp³-hybridized carbons (Fsp3) is 0.667. The lowest BCUT2D eigenvalue weighted by Gasteiger charge is -2.39. The van der Waals surface area contributed by atoms with Crippen molar-refractivity contribution < 1.29 is 88.9 Å². The molecule has 13 fully saturated rings. The summed E-state index contributed by atoms with van der Waals surface area (Å²) in [5.41, 5.74) is 25.6. The van der Waals surface area contributed by atoms with E-state index < -0.39 is 136 Å². The molecule has 4 aromatic carbocycles. The average molecular weight is 1650 g/mol. The molecule has 8 unspecified atom stereocenters. The first-order valence-corrected chi connectivity index (χ1v) is 44.3. The van der Waals surface area contributed by atoms with Gasteiger partial charge in [-0.3, -0.25) is 29.2 Å². The second-order valence-electron chi connectivity index (χ2n) is 34.2. The van der Waals surface area contributed by atoms with Crippen molar-refractivity contribution in [2.45, 2.75) is 149 Å². The van der Waals surface area contributed by atoms with Crippen molar-refractivity contribution in [1.82, 2.24) is 37.8 Å². The number of amides is 2. The van der Waals surface area contributed by atoms with Crippen LogP contribution in [0.2, 0.25) is 0 Å². The van der Waals surface area contributed by atoms with E-state index in [4.69, 9.17) is 41.9 Å². The molecule has 12 saturated heterocycles. The van der Waals surface area contributed by atoms with E-state index in [0.717, 1.165) is 125 Å². The van der Waals surface area contributed by atoms with Gasteiger partial charge in [-0.2, -0.15) is 0 Å². The quantitative estimate of drug-likeness (QED) is 0.0725. The third-order valence-electron chi connectivity index (χ3n) is 25.5. The molecule has 0 spiro atoms. The van der Waals surface area contributed by atoms with Crippen molar-refractivity contribution in [1.29, 1.82) is 0 Å². The van der Waals surface area contributed by atoms with Gasteiger partial charge in [0.05, 0.1) is 60.6 Å². The van der Waals surface area contributed by atoms with Gasteiger partial charge < -0.3 is 47.2 Å². The highest BCUT2D eigenvalue weighted by molar-refractivity contribution is 7.90. The van der Waals surface area contributed by atoms with Gasteiger partial charge in [-0.05, 0) is 167 Å². The molecule has 1 saturated carbocycles. The van der Waals surface area contributed by atoms with Gasteiger partial charge in [0.25, 0.3) is 0 Å². The number of nitrogens with zero attached hydrogens (tertiary/aromatic N) is 7. The molecule has 13 aliphatic rings. The van der Waals surface area contributed by atoms with E-state index in [1.54, 1.807) is 26.8 Å². The van der Waals surface area contributed by atoms with Crippen LogP contribution in [0.4, 0.5) is 35.1 Å². The number of fused-ring (bicyclic) bond motifs is 4. The number of ether oxygens (including phenoxy) is 4. The number of nitrogens with one attached hydrogen (secondary N) is 1. The Labute approximate surface area is 656 Å². The predicted octanol–water partition coefficient (Wildman–Crippen LogP) is 5.50. The number of nitrogens with two attached hydrogens (primary N) is 4. The largest absolute Gasteiger partial charge is 0.370 e. The number of benzene rings is 4. The van der Waals surface area contributed by atoms with Crippen LogP contribution >= 0.6 is 0 Å². The number of hydrogen-bond donors (Lipinski definition) is 5. The Morgan fingerprint density at radius 1 is 0.416 bits per heavy atom. The first-order chi connectivity index (χ1) is 53.6. The summed E-state index contributed by atoms with van der Waals surface area (Å²) in [4.78, 5) is 33.3. The normalized spacial score (nSPS) is 34.8. The summed E-state index contributed by atoms with van der Waals surface area (Å²) in [6.07, 6.45) is 1.03. The molecule has 24 nitrogen and oxygen atoms in total. The molecule has 12 heterocycles. The summed E-state index contributed by atoms with van der Waals surface area (Å²) in [7, 11) is -9.51. The highest BCUT2D eigenvalue weighted by atomic mass is 32.2. The van der Waals surface area contributed by atoms with Crippen molar-refractivity contribution in [2.24, 2.45) is 76.2 Å². The number of carbonyl (C=O) groups excluding carboxylic acids is 2. The maximum absolute atomic E-state index is 14.1. The van der Waals surface area contributed by atoms with Crippen LogP contribution in [-0.4, -0.2) is 252 Å². The van der Waals surface area contributed by atoms with Gasteiger partial charge in [-0.15, -0.1) is 0 Å². The van der Waals surface area contributed by atoms with Gasteiger partial charge in [0.15, 0.2) is 0 Å². The zero-order valence-corrected chi connectivity index (χ0v) is 66.4. The van der Waals surface area contributed by atoms with Crippen molar-refractivity contribution in [3.05, 3.63) is 142 Å². The second-order valence-corrected chi connectivity index (χ2v) is 40.9. The number of sulfonamides is 3. The molecule has 35 heteroatoms. The van der Waals surface area contributed by atoms with Crippen molar-refractivity contribution in [3.8, 4) is 0 Å². The van der Waals surface area contributed by atoms with Crippen LogP contribution in [0.5, 0.6) is 0 Å². The Bertz CT molecular complexity index is 4280. The van der Waals surface area contributed by atoms with Crippen LogP contribution in [-0.2, 0) is 58.6 Å². The zero-order valence-electron chi connectivity index (χ0n) is 64.0. The molecule has 0 bridgehead atoms. The number of imide groups is 1. The minimum Gasteiger partial charge on any atom is -0.370 e. The lowest BCUT2D eigenvalue weighted by molar-refractivity contribution is -0.148. The van der Waals surface area contributed by atoms with Gasteiger partial charge in [0.1, 0.15) is 71.0 Å². The van der Waals surface area contributed by atoms with E-state index in [1.807, 2.05) is 13.8 Å². The lowest BCUT2D eigenvalue weighted by atomic mass is 9.93. The summed E-state index contributed by atoms with van der Waals surface area (Å²) < 4.78 is 214. The molecule has 17 rings (SSSR count). The zero-order chi connectivity index (χ0) is 80.6. The maximum Gasteiger partial charge on any atom is 0.234 e. The number of likely N-dealkylation sites (tertiary alicyclic amines) is 4. The molecule has 20 atom stereocenters. The van der Waals surface area contributed by atoms with E-state index >= 15 is 0 Å². The molecular weight excluding hydrogens is 1550 g/mol. The van der Waals surface area contributed by atoms with Gasteiger partial charge in [0, 0.05) is 156 Å². The van der Waals surface area contributed by atoms with Gasteiger partial charge in [0.2, 0.25) is 41.9 Å². The third kappa shape index (κ3) is 18.0. The first-order valence-electron chi connectivity index (χ1n) is 39.6.